The van der Waals surface area contributed by atoms with Crippen molar-refractivity contribution in [2.24, 2.45) is 5.92 Å². The smallest absolute Gasteiger partial charge is 0.324 e. The van der Waals surface area contributed by atoms with Gasteiger partial charge in [0.1, 0.15) is 6.04 Å². The monoisotopic (exact) mass is 360 g/mol. The maximum atomic E-state index is 12.6. The number of amides is 1. The van der Waals surface area contributed by atoms with Crippen LogP contribution in [0.1, 0.15) is 29.6 Å². The summed E-state index contributed by atoms with van der Waals surface area (Å²) >= 11 is 1.52. The fourth-order valence-electron chi connectivity index (χ4n) is 3.81. The van der Waals surface area contributed by atoms with Crippen molar-refractivity contribution >= 4 is 33.4 Å². The first-order chi connectivity index (χ1) is 12.2. The Hall–Kier alpha value is -2.03. The zero-order chi connectivity index (χ0) is 17.4. The van der Waals surface area contributed by atoms with E-state index in [0.29, 0.717) is 5.56 Å². The molecule has 0 bridgehead atoms. The maximum absolute atomic E-state index is 12.6. The average Bonchev–Trinajstić information content (AvgIpc) is 3.26. The second kappa shape index (κ2) is 6.70. The summed E-state index contributed by atoms with van der Waals surface area (Å²) in [5.41, 5.74) is 9.54. The molecule has 1 amide bonds. The third-order valence-electron chi connectivity index (χ3n) is 5.14. The Morgan fingerprint density at radius 1 is 1.32 bits per heavy atom. The topological polar surface area (TPSA) is 92.4 Å². The number of aromatic nitrogens is 1. The molecule has 2 aliphatic rings. The molecule has 25 heavy (non-hydrogen) atoms. The van der Waals surface area contributed by atoms with Crippen molar-refractivity contribution in [3.05, 3.63) is 29.3 Å². The van der Waals surface area contributed by atoms with Crippen molar-refractivity contribution in [2.45, 2.75) is 37.4 Å². The normalized spacial score (nSPS) is 28.5. The van der Waals surface area contributed by atoms with Crippen LogP contribution in [0.15, 0.2) is 23.7 Å². The molecule has 8 heteroatoms. The lowest BCUT2D eigenvalue weighted by Crippen LogP contribution is -2.46. The summed E-state index contributed by atoms with van der Waals surface area (Å²) in [6, 6.07) is 5.49. The number of nitrogens with zero attached hydrogens (tertiary/aromatic N) is 1. The molecule has 4 rings (SSSR count). The molecule has 1 saturated carbocycles. The molecular formula is C17H20N4O3S. The molecule has 0 radical (unpaired) electrons. The van der Waals surface area contributed by atoms with E-state index in [9.17, 15) is 9.59 Å². The summed E-state index contributed by atoms with van der Waals surface area (Å²) < 4.78 is 5.87. The molecule has 1 aromatic heterocycles. The van der Waals surface area contributed by atoms with E-state index in [1.54, 1.807) is 11.6 Å². The van der Waals surface area contributed by atoms with Gasteiger partial charge in [0, 0.05) is 23.6 Å². The van der Waals surface area contributed by atoms with Gasteiger partial charge in [-0.1, -0.05) is 0 Å². The predicted molar refractivity (Wildman–Crippen MR) is 94.1 cm³/mol. The zero-order valence-corrected chi connectivity index (χ0v) is 14.6. The lowest BCUT2D eigenvalue weighted by atomic mass is 9.79. The van der Waals surface area contributed by atoms with Crippen LogP contribution >= 0.6 is 11.3 Å². The molecule has 7 nitrogen and oxygen atoms in total. The van der Waals surface area contributed by atoms with Crippen LogP contribution in [0.2, 0.25) is 0 Å². The number of hydrogen-bond acceptors (Lipinski definition) is 7. The number of carbonyl (C=O) groups excluding carboxylic acids is 2. The highest BCUT2D eigenvalue weighted by Gasteiger charge is 2.44. The SMILES string of the molecule is COC(=O)C1NNC2CCC(NC(=O)c3ccc4ncsc4c3)CC21. The van der Waals surface area contributed by atoms with Gasteiger partial charge in [0.15, 0.2) is 0 Å². The second-order valence-corrected chi connectivity index (χ2v) is 7.46. The largest absolute Gasteiger partial charge is 0.468 e. The molecule has 2 aromatic rings. The van der Waals surface area contributed by atoms with Crippen molar-refractivity contribution in [3.63, 3.8) is 0 Å². The van der Waals surface area contributed by atoms with E-state index in [1.165, 1.54) is 18.4 Å². The number of esters is 1. The molecule has 1 aromatic carbocycles. The molecule has 4 unspecified atom stereocenters. The van der Waals surface area contributed by atoms with Gasteiger partial charge < -0.3 is 10.1 Å². The van der Waals surface area contributed by atoms with Crippen LogP contribution in [0, 0.1) is 5.92 Å². The van der Waals surface area contributed by atoms with E-state index in [-0.39, 0.29) is 35.9 Å². The van der Waals surface area contributed by atoms with E-state index in [4.69, 9.17) is 4.74 Å². The first-order valence-corrected chi connectivity index (χ1v) is 9.26. The Balaban J connectivity index is 1.43. The van der Waals surface area contributed by atoms with Gasteiger partial charge in [-0.2, -0.15) is 0 Å². The Morgan fingerprint density at radius 2 is 2.20 bits per heavy atom. The maximum Gasteiger partial charge on any atom is 0.324 e. The third-order valence-corrected chi connectivity index (χ3v) is 5.93. The van der Waals surface area contributed by atoms with E-state index < -0.39 is 0 Å². The summed E-state index contributed by atoms with van der Waals surface area (Å²) in [6.07, 6.45) is 2.54. The minimum Gasteiger partial charge on any atom is -0.468 e. The van der Waals surface area contributed by atoms with E-state index >= 15 is 0 Å². The van der Waals surface area contributed by atoms with Crippen LogP contribution in [0.4, 0.5) is 0 Å². The van der Waals surface area contributed by atoms with Crippen LogP contribution in [0.3, 0.4) is 0 Å². The highest BCUT2D eigenvalue weighted by Crippen LogP contribution is 2.31. The molecular weight excluding hydrogens is 340 g/mol. The van der Waals surface area contributed by atoms with Crippen molar-refractivity contribution < 1.29 is 14.3 Å². The Bertz CT molecular complexity index is 808. The highest BCUT2D eigenvalue weighted by atomic mass is 32.1. The molecule has 2 heterocycles. The van der Waals surface area contributed by atoms with Crippen molar-refractivity contribution in [2.75, 3.05) is 7.11 Å². The molecule has 1 aliphatic heterocycles. The fraction of sp³-hybridized carbons (Fsp3) is 0.471. The first kappa shape index (κ1) is 16.4. The lowest BCUT2D eigenvalue weighted by molar-refractivity contribution is -0.144. The highest BCUT2D eigenvalue weighted by molar-refractivity contribution is 7.16. The van der Waals surface area contributed by atoms with Gasteiger partial charge in [-0.25, -0.2) is 10.4 Å². The van der Waals surface area contributed by atoms with Gasteiger partial charge in [0.05, 0.1) is 22.8 Å². The summed E-state index contributed by atoms with van der Waals surface area (Å²) in [6.45, 7) is 0. The number of rotatable bonds is 3. The van der Waals surface area contributed by atoms with Gasteiger partial charge in [-0.15, -0.1) is 11.3 Å². The van der Waals surface area contributed by atoms with E-state index in [2.05, 4.69) is 21.2 Å². The summed E-state index contributed by atoms with van der Waals surface area (Å²) in [5, 5.41) is 3.12. The number of carbonyl (C=O) groups is 2. The van der Waals surface area contributed by atoms with Crippen molar-refractivity contribution in [1.29, 1.82) is 0 Å². The summed E-state index contributed by atoms with van der Waals surface area (Å²) in [4.78, 5) is 28.7. The zero-order valence-electron chi connectivity index (χ0n) is 13.8. The number of benzene rings is 1. The molecule has 2 fully saturated rings. The average molecular weight is 360 g/mol. The number of nitrogens with one attached hydrogen (secondary N) is 3. The van der Waals surface area contributed by atoms with E-state index in [1.807, 2.05) is 12.1 Å². The molecule has 132 valence electrons. The summed E-state index contributed by atoms with van der Waals surface area (Å²) in [7, 11) is 1.40. The molecule has 4 atom stereocenters. The Labute approximate surface area is 149 Å². The molecule has 1 aliphatic carbocycles. The minimum absolute atomic E-state index is 0.0553. The van der Waals surface area contributed by atoms with Crippen LogP contribution in [-0.2, 0) is 9.53 Å². The fourth-order valence-corrected chi connectivity index (χ4v) is 4.53. The van der Waals surface area contributed by atoms with Crippen molar-refractivity contribution in [3.8, 4) is 0 Å². The third kappa shape index (κ3) is 3.12. The van der Waals surface area contributed by atoms with Gasteiger partial charge in [0.25, 0.3) is 5.91 Å². The number of ether oxygens (including phenoxy) is 1. The van der Waals surface area contributed by atoms with Crippen LogP contribution in [0.25, 0.3) is 10.2 Å². The molecule has 3 N–H and O–H groups in total. The number of hydrogen-bond donors (Lipinski definition) is 3. The van der Waals surface area contributed by atoms with Gasteiger partial charge in [-0.3, -0.25) is 15.0 Å². The molecule has 0 spiro atoms. The predicted octanol–water partition coefficient (Wildman–Crippen LogP) is 1.21. The summed E-state index contributed by atoms with van der Waals surface area (Å²) in [5.74, 6) is -0.217. The number of hydrazine groups is 1. The Morgan fingerprint density at radius 3 is 3.04 bits per heavy atom. The van der Waals surface area contributed by atoms with Crippen molar-refractivity contribution in [1.82, 2.24) is 21.2 Å². The second-order valence-electron chi connectivity index (χ2n) is 6.58. The van der Waals surface area contributed by atoms with Crippen LogP contribution in [0.5, 0.6) is 0 Å². The van der Waals surface area contributed by atoms with Crippen LogP contribution in [-0.4, -0.2) is 42.1 Å². The van der Waals surface area contributed by atoms with Gasteiger partial charge in [-0.05, 0) is 37.5 Å². The lowest BCUT2D eigenvalue weighted by Gasteiger charge is -2.32. The quantitative estimate of drug-likeness (QED) is 0.713. The standard InChI is InChI=1S/C17H20N4O3S/c1-24-17(23)15-11-7-10(3-5-12(11)20-21-15)19-16(22)9-2-4-13-14(6-9)25-8-18-13/h2,4,6,8,10-12,15,20-21H,3,5,7H2,1H3,(H,19,22). The molecule has 1 saturated heterocycles. The van der Waals surface area contributed by atoms with Gasteiger partial charge >= 0.3 is 5.97 Å². The number of thiazole rings is 1. The first-order valence-electron chi connectivity index (χ1n) is 8.38. The van der Waals surface area contributed by atoms with Crippen LogP contribution < -0.4 is 16.2 Å². The van der Waals surface area contributed by atoms with Gasteiger partial charge in [0.2, 0.25) is 0 Å². The minimum atomic E-state index is -0.358. The van der Waals surface area contributed by atoms with E-state index in [0.717, 1.165) is 29.5 Å². The number of fused-ring (bicyclic) bond motifs is 2. The Kier molecular flexibility index (Phi) is 4.41. The number of methoxy groups -OCH3 is 1.